The Kier molecular flexibility index (Phi) is 4.32. The molecule has 0 radical (unpaired) electrons. The molecule has 0 spiro atoms. The normalized spacial score (nSPS) is 18.4. The summed E-state index contributed by atoms with van der Waals surface area (Å²) >= 11 is 4.88. The van der Waals surface area contributed by atoms with Crippen LogP contribution in [0.15, 0.2) is 0 Å². The first-order chi connectivity index (χ1) is 6.65. The van der Waals surface area contributed by atoms with Crippen LogP contribution in [0.1, 0.15) is 39.0 Å². The minimum Gasteiger partial charge on any atom is -0.393 e. The zero-order valence-corrected chi connectivity index (χ0v) is 9.40. The first kappa shape index (κ1) is 11.4. The molecule has 0 aromatic carbocycles. The number of carbonyl (C=O) groups excluding carboxylic acids is 1. The summed E-state index contributed by atoms with van der Waals surface area (Å²) in [6.07, 6.45) is 5.11. The number of hydrogen-bond donors (Lipinski definition) is 2. The number of rotatable bonds is 5. The maximum absolute atomic E-state index is 11.7. The van der Waals surface area contributed by atoms with E-state index in [1.54, 1.807) is 0 Å². The Balaban J connectivity index is 2.40. The van der Waals surface area contributed by atoms with Crippen molar-refractivity contribution in [1.82, 2.24) is 5.32 Å². The first-order valence-corrected chi connectivity index (χ1v) is 5.65. The van der Waals surface area contributed by atoms with Gasteiger partial charge in [0.05, 0.1) is 10.9 Å². The standard InChI is InChI=1S/C10H18N2OS/c1-2-4-8(9(11)14)10(13)12-7-5-3-6-7/h7-8H,2-6H2,1H3,(H2,11,14)(H,12,13). The van der Waals surface area contributed by atoms with E-state index in [4.69, 9.17) is 18.0 Å². The van der Waals surface area contributed by atoms with Gasteiger partial charge in [0.1, 0.15) is 0 Å². The number of nitrogens with two attached hydrogens (primary N) is 1. The van der Waals surface area contributed by atoms with Crippen LogP contribution in [0.3, 0.4) is 0 Å². The largest absolute Gasteiger partial charge is 0.393 e. The van der Waals surface area contributed by atoms with Gasteiger partial charge in [0.25, 0.3) is 0 Å². The summed E-state index contributed by atoms with van der Waals surface area (Å²) in [5.74, 6) is -0.250. The molecule has 0 aromatic heterocycles. The first-order valence-electron chi connectivity index (χ1n) is 5.24. The zero-order chi connectivity index (χ0) is 10.6. The minimum absolute atomic E-state index is 0.0176. The molecule has 3 N–H and O–H groups in total. The van der Waals surface area contributed by atoms with Gasteiger partial charge in [-0.15, -0.1) is 0 Å². The van der Waals surface area contributed by atoms with Crippen molar-refractivity contribution >= 4 is 23.1 Å². The van der Waals surface area contributed by atoms with E-state index in [2.05, 4.69) is 5.32 Å². The van der Waals surface area contributed by atoms with Crippen LogP contribution >= 0.6 is 12.2 Å². The van der Waals surface area contributed by atoms with E-state index >= 15 is 0 Å². The van der Waals surface area contributed by atoms with Gasteiger partial charge in [-0.2, -0.15) is 0 Å². The second kappa shape index (κ2) is 5.29. The quantitative estimate of drug-likeness (QED) is 0.679. The van der Waals surface area contributed by atoms with Crippen LogP contribution in [0, 0.1) is 5.92 Å². The summed E-state index contributed by atoms with van der Waals surface area (Å²) in [5, 5.41) is 2.98. The Morgan fingerprint density at radius 2 is 2.29 bits per heavy atom. The van der Waals surface area contributed by atoms with E-state index in [1.807, 2.05) is 6.92 Å². The molecule has 0 aromatic rings. The third kappa shape index (κ3) is 2.94. The number of carbonyl (C=O) groups is 1. The molecule has 0 saturated heterocycles. The Hall–Kier alpha value is -0.640. The molecule has 1 saturated carbocycles. The van der Waals surface area contributed by atoms with Gasteiger partial charge in [0.2, 0.25) is 5.91 Å². The van der Waals surface area contributed by atoms with Gasteiger partial charge in [-0.25, -0.2) is 0 Å². The Labute approximate surface area is 90.4 Å². The Morgan fingerprint density at radius 1 is 1.64 bits per heavy atom. The third-order valence-electron chi connectivity index (χ3n) is 2.69. The van der Waals surface area contributed by atoms with Gasteiger partial charge in [0, 0.05) is 6.04 Å². The monoisotopic (exact) mass is 214 g/mol. The smallest absolute Gasteiger partial charge is 0.230 e. The van der Waals surface area contributed by atoms with E-state index < -0.39 is 0 Å². The summed E-state index contributed by atoms with van der Waals surface area (Å²) in [7, 11) is 0. The van der Waals surface area contributed by atoms with Crippen molar-refractivity contribution in [3.8, 4) is 0 Å². The van der Waals surface area contributed by atoms with Gasteiger partial charge in [-0.1, -0.05) is 25.6 Å². The maximum atomic E-state index is 11.7. The molecule has 0 bridgehead atoms. The molecule has 1 amide bonds. The number of nitrogens with one attached hydrogen (secondary N) is 1. The summed E-state index contributed by atoms with van der Waals surface area (Å²) < 4.78 is 0. The molecule has 1 atom stereocenters. The van der Waals surface area contributed by atoms with E-state index in [1.165, 1.54) is 6.42 Å². The molecule has 4 heteroatoms. The summed E-state index contributed by atoms with van der Waals surface area (Å²) in [6.45, 7) is 2.03. The Bertz CT molecular complexity index is 226. The van der Waals surface area contributed by atoms with Gasteiger partial charge < -0.3 is 11.1 Å². The van der Waals surface area contributed by atoms with Crippen molar-refractivity contribution in [3.63, 3.8) is 0 Å². The van der Waals surface area contributed by atoms with Crippen LogP contribution in [0.4, 0.5) is 0 Å². The van der Waals surface area contributed by atoms with Gasteiger partial charge in [-0.3, -0.25) is 4.79 Å². The fourth-order valence-corrected chi connectivity index (χ4v) is 1.77. The van der Waals surface area contributed by atoms with Crippen LogP contribution in [0.5, 0.6) is 0 Å². The highest BCUT2D eigenvalue weighted by molar-refractivity contribution is 7.80. The fourth-order valence-electron chi connectivity index (χ4n) is 1.55. The molecule has 3 nitrogen and oxygen atoms in total. The lowest BCUT2D eigenvalue weighted by atomic mass is 9.92. The molecule has 80 valence electrons. The van der Waals surface area contributed by atoms with Gasteiger partial charge in [-0.05, 0) is 25.7 Å². The highest BCUT2D eigenvalue weighted by atomic mass is 32.1. The van der Waals surface area contributed by atoms with Crippen LogP contribution < -0.4 is 11.1 Å². The number of hydrogen-bond acceptors (Lipinski definition) is 2. The van der Waals surface area contributed by atoms with E-state index in [9.17, 15) is 4.79 Å². The second-order valence-electron chi connectivity index (χ2n) is 3.88. The number of thiocarbonyl (C=S) groups is 1. The van der Waals surface area contributed by atoms with Crippen molar-refractivity contribution in [2.75, 3.05) is 0 Å². The molecule has 0 aliphatic heterocycles. The minimum atomic E-state index is -0.268. The zero-order valence-electron chi connectivity index (χ0n) is 8.58. The topological polar surface area (TPSA) is 55.1 Å². The Morgan fingerprint density at radius 3 is 2.64 bits per heavy atom. The van der Waals surface area contributed by atoms with Crippen molar-refractivity contribution in [3.05, 3.63) is 0 Å². The summed E-state index contributed by atoms with van der Waals surface area (Å²) in [5.41, 5.74) is 5.53. The molecule has 14 heavy (non-hydrogen) atoms. The molecule has 1 fully saturated rings. The molecule has 1 unspecified atom stereocenters. The van der Waals surface area contributed by atoms with Crippen molar-refractivity contribution < 1.29 is 4.79 Å². The average molecular weight is 214 g/mol. The SMILES string of the molecule is CCCC(C(=O)NC1CCC1)C(N)=S. The van der Waals surface area contributed by atoms with Crippen LogP contribution in [0.25, 0.3) is 0 Å². The fraction of sp³-hybridized carbons (Fsp3) is 0.800. The third-order valence-corrected chi connectivity index (χ3v) is 2.97. The summed E-state index contributed by atoms with van der Waals surface area (Å²) in [4.78, 5) is 12.0. The molecular formula is C10H18N2OS. The van der Waals surface area contributed by atoms with Crippen LogP contribution in [0.2, 0.25) is 0 Å². The van der Waals surface area contributed by atoms with E-state index in [0.717, 1.165) is 25.7 Å². The van der Waals surface area contributed by atoms with Crippen molar-refractivity contribution in [1.29, 1.82) is 0 Å². The predicted molar refractivity (Wildman–Crippen MR) is 61.0 cm³/mol. The van der Waals surface area contributed by atoms with Crippen molar-refractivity contribution in [2.45, 2.75) is 45.1 Å². The lowest BCUT2D eigenvalue weighted by Crippen LogP contribution is -2.45. The maximum Gasteiger partial charge on any atom is 0.230 e. The van der Waals surface area contributed by atoms with E-state index in [0.29, 0.717) is 11.0 Å². The molecule has 0 heterocycles. The molecule has 1 aliphatic carbocycles. The predicted octanol–water partition coefficient (Wildman–Crippen LogP) is 1.36. The highest BCUT2D eigenvalue weighted by Gasteiger charge is 2.25. The second-order valence-corrected chi connectivity index (χ2v) is 4.35. The van der Waals surface area contributed by atoms with Gasteiger partial charge >= 0.3 is 0 Å². The van der Waals surface area contributed by atoms with Crippen LogP contribution in [-0.2, 0) is 4.79 Å². The van der Waals surface area contributed by atoms with E-state index in [-0.39, 0.29) is 11.8 Å². The average Bonchev–Trinajstić information content (AvgIpc) is 2.06. The van der Waals surface area contributed by atoms with Gasteiger partial charge in [0.15, 0.2) is 0 Å². The lowest BCUT2D eigenvalue weighted by molar-refractivity contribution is -0.124. The molecular weight excluding hydrogens is 196 g/mol. The van der Waals surface area contributed by atoms with Crippen molar-refractivity contribution in [2.24, 2.45) is 11.7 Å². The number of amides is 1. The summed E-state index contributed by atoms with van der Waals surface area (Å²) in [6, 6.07) is 0.371. The highest BCUT2D eigenvalue weighted by Crippen LogP contribution is 2.19. The van der Waals surface area contributed by atoms with Crippen LogP contribution in [-0.4, -0.2) is 16.9 Å². The molecule has 1 aliphatic rings. The lowest BCUT2D eigenvalue weighted by Gasteiger charge is -2.28. The molecule has 1 rings (SSSR count).